The second-order valence-electron chi connectivity index (χ2n) is 6.09. The van der Waals surface area contributed by atoms with Crippen molar-refractivity contribution >= 4 is 23.5 Å². The minimum absolute atomic E-state index is 0.165. The van der Waals surface area contributed by atoms with E-state index in [1.54, 1.807) is 35.2 Å². The van der Waals surface area contributed by atoms with E-state index in [1.807, 2.05) is 18.2 Å². The number of rotatable bonds is 4. The minimum Gasteiger partial charge on any atom is -0.444 e. The van der Waals surface area contributed by atoms with E-state index in [0.29, 0.717) is 29.2 Å². The lowest BCUT2D eigenvalue weighted by Crippen LogP contribution is -2.40. The highest BCUT2D eigenvalue weighted by Crippen LogP contribution is 2.24. The first kappa shape index (κ1) is 17.5. The van der Waals surface area contributed by atoms with Crippen LogP contribution in [0.2, 0.25) is 5.02 Å². The van der Waals surface area contributed by atoms with Crippen LogP contribution in [-0.4, -0.2) is 29.9 Å². The number of likely N-dealkylation sites (tertiary alicyclic amines) is 1. The van der Waals surface area contributed by atoms with Gasteiger partial charge in [-0.3, -0.25) is 4.79 Å². The predicted molar refractivity (Wildman–Crippen MR) is 96.5 cm³/mol. The van der Waals surface area contributed by atoms with Crippen LogP contribution < -0.4 is 0 Å². The second kappa shape index (κ2) is 8.17. The fourth-order valence-corrected chi connectivity index (χ4v) is 3.15. The van der Waals surface area contributed by atoms with E-state index in [2.05, 4.69) is 0 Å². The van der Waals surface area contributed by atoms with Crippen LogP contribution in [0.4, 0.5) is 0 Å². The molecule has 1 amide bonds. The molecule has 0 bridgehead atoms. The van der Waals surface area contributed by atoms with Crippen molar-refractivity contribution in [1.29, 1.82) is 0 Å². The molecule has 2 aromatic carbocycles. The van der Waals surface area contributed by atoms with Crippen LogP contribution in [0.5, 0.6) is 0 Å². The Kier molecular flexibility index (Phi) is 5.71. The molecule has 1 fully saturated rings. The third-order valence-corrected chi connectivity index (χ3v) is 4.51. The quantitative estimate of drug-likeness (QED) is 0.768. The summed E-state index contributed by atoms with van der Waals surface area (Å²) in [6.45, 7) is 1.41. The molecular formula is C20H20ClNO3. The Labute approximate surface area is 152 Å². The third kappa shape index (κ3) is 4.40. The molecule has 2 aromatic rings. The summed E-state index contributed by atoms with van der Waals surface area (Å²) in [4.78, 5) is 27.3. The molecule has 1 aliphatic rings. The number of ether oxygens (including phenoxy) is 1. The average Bonchev–Trinajstić information content (AvgIpc) is 2.67. The number of nitrogens with zero attached hydrogens (tertiary/aromatic N) is 1. The smallest absolute Gasteiger partial charge is 0.339 e. The van der Waals surface area contributed by atoms with Crippen LogP contribution in [0.25, 0.3) is 0 Å². The van der Waals surface area contributed by atoms with E-state index in [1.165, 1.54) is 6.07 Å². The predicted octanol–water partition coefficient (Wildman–Crippen LogP) is 4.25. The van der Waals surface area contributed by atoms with Crippen LogP contribution in [-0.2, 0) is 9.53 Å². The number of hydrogen-bond acceptors (Lipinski definition) is 3. The van der Waals surface area contributed by atoms with Gasteiger partial charge in [0.25, 0.3) is 5.91 Å². The van der Waals surface area contributed by atoms with Gasteiger partial charge < -0.3 is 9.64 Å². The number of halogens is 1. The Bertz CT molecular complexity index is 742. The van der Waals surface area contributed by atoms with Crippen LogP contribution in [0.3, 0.4) is 0 Å². The zero-order valence-corrected chi connectivity index (χ0v) is 14.6. The highest BCUT2D eigenvalue weighted by atomic mass is 35.5. The maximum absolute atomic E-state index is 13.0. The van der Waals surface area contributed by atoms with Crippen molar-refractivity contribution in [2.45, 2.75) is 25.4 Å². The van der Waals surface area contributed by atoms with E-state index in [9.17, 15) is 9.59 Å². The first-order valence-corrected chi connectivity index (χ1v) is 8.83. The lowest BCUT2D eigenvalue weighted by molar-refractivity contribution is -0.142. The van der Waals surface area contributed by atoms with Crippen molar-refractivity contribution in [3.63, 3.8) is 0 Å². The molecule has 0 radical (unpaired) electrons. The molecule has 0 N–H and O–H groups in total. The van der Waals surface area contributed by atoms with E-state index >= 15 is 0 Å². The molecule has 0 spiro atoms. The summed E-state index contributed by atoms with van der Waals surface area (Å²) < 4.78 is 5.60. The van der Waals surface area contributed by atoms with Crippen molar-refractivity contribution in [1.82, 2.24) is 4.90 Å². The summed E-state index contributed by atoms with van der Waals surface area (Å²) in [6.07, 6.45) is 2.15. The highest BCUT2D eigenvalue weighted by Gasteiger charge is 2.30. The van der Waals surface area contributed by atoms with Crippen molar-refractivity contribution in [2.75, 3.05) is 13.1 Å². The zero-order chi connectivity index (χ0) is 17.6. The molecule has 0 aliphatic carbocycles. The van der Waals surface area contributed by atoms with Gasteiger partial charge in [-0.25, -0.2) is 4.79 Å². The van der Waals surface area contributed by atoms with Crippen molar-refractivity contribution < 1.29 is 14.3 Å². The summed E-state index contributed by atoms with van der Waals surface area (Å²) >= 11 is 5.94. The molecule has 1 atom stereocenters. The first-order valence-electron chi connectivity index (χ1n) is 8.45. The fraction of sp³-hybridized carbons (Fsp3) is 0.300. The fourth-order valence-electron chi connectivity index (χ4n) is 2.96. The van der Waals surface area contributed by atoms with Gasteiger partial charge in [0.1, 0.15) is 0 Å². The van der Waals surface area contributed by atoms with Crippen LogP contribution in [0, 0.1) is 0 Å². The van der Waals surface area contributed by atoms with Gasteiger partial charge in [0.2, 0.25) is 6.10 Å². The summed E-state index contributed by atoms with van der Waals surface area (Å²) in [5.41, 5.74) is 1.01. The van der Waals surface area contributed by atoms with Crippen molar-refractivity contribution in [2.24, 2.45) is 0 Å². The summed E-state index contributed by atoms with van der Waals surface area (Å²) in [5, 5.41) is 0.452. The van der Waals surface area contributed by atoms with Gasteiger partial charge in [0, 0.05) is 23.7 Å². The molecule has 130 valence electrons. The van der Waals surface area contributed by atoms with Crippen LogP contribution in [0.15, 0.2) is 54.6 Å². The summed E-state index contributed by atoms with van der Waals surface area (Å²) in [7, 11) is 0. The van der Waals surface area contributed by atoms with Gasteiger partial charge in [-0.1, -0.05) is 48.0 Å². The number of hydrogen-bond donors (Lipinski definition) is 0. The Hall–Kier alpha value is -2.33. The molecule has 25 heavy (non-hydrogen) atoms. The zero-order valence-electron chi connectivity index (χ0n) is 13.9. The lowest BCUT2D eigenvalue weighted by Gasteiger charge is -2.30. The molecular weight excluding hydrogens is 338 g/mol. The molecule has 5 heteroatoms. The number of carbonyl (C=O) groups is 2. The summed E-state index contributed by atoms with van der Waals surface area (Å²) in [5.74, 6) is -0.719. The minimum atomic E-state index is -0.939. The van der Waals surface area contributed by atoms with Crippen molar-refractivity contribution in [3.8, 4) is 0 Å². The number of esters is 1. The van der Waals surface area contributed by atoms with Gasteiger partial charge in [-0.05, 0) is 37.5 Å². The maximum Gasteiger partial charge on any atom is 0.339 e. The topological polar surface area (TPSA) is 46.6 Å². The Morgan fingerprint density at radius 2 is 1.68 bits per heavy atom. The van der Waals surface area contributed by atoms with E-state index in [4.69, 9.17) is 16.3 Å². The van der Waals surface area contributed by atoms with Crippen LogP contribution in [0.1, 0.15) is 41.3 Å². The first-order chi connectivity index (χ1) is 12.1. The second-order valence-corrected chi connectivity index (χ2v) is 6.53. The van der Waals surface area contributed by atoms with Gasteiger partial charge in [-0.2, -0.15) is 0 Å². The number of carbonyl (C=O) groups excluding carboxylic acids is 2. The monoisotopic (exact) mass is 357 g/mol. The Morgan fingerprint density at radius 1 is 0.960 bits per heavy atom. The largest absolute Gasteiger partial charge is 0.444 e. The third-order valence-electron chi connectivity index (χ3n) is 4.28. The SMILES string of the molecule is O=C(O[C@H](C(=O)N1CCCCC1)c1ccccc1)c1cccc(Cl)c1. The molecule has 1 heterocycles. The Balaban J connectivity index is 1.83. The normalized spacial score (nSPS) is 15.5. The van der Waals surface area contributed by atoms with E-state index in [-0.39, 0.29) is 5.91 Å². The molecule has 1 saturated heterocycles. The number of amides is 1. The van der Waals surface area contributed by atoms with E-state index < -0.39 is 12.1 Å². The Morgan fingerprint density at radius 3 is 2.36 bits per heavy atom. The van der Waals surface area contributed by atoms with Gasteiger partial charge in [-0.15, -0.1) is 0 Å². The molecule has 1 aliphatic heterocycles. The lowest BCUT2D eigenvalue weighted by atomic mass is 10.1. The maximum atomic E-state index is 13.0. The molecule has 0 unspecified atom stereocenters. The van der Waals surface area contributed by atoms with Gasteiger partial charge in [0.05, 0.1) is 5.56 Å². The highest BCUT2D eigenvalue weighted by molar-refractivity contribution is 6.30. The average molecular weight is 358 g/mol. The standard InChI is InChI=1S/C20H20ClNO3/c21-17-11-7-10-16(14-17)20(24)25-18(15-8-3-1-4-9-15)19(23)22-12-5-2-6-13-22/h1,3-4,7-11,14,18H,2,5-6,12-13H2/t18-/m0/s1. The van der Waals surface area contributed by atoms with Crippen LogP contribution >= 0.6 is 11.6 Å². The van der Waals surface area contributed by atoms with Gasteiger partial charge >= 0.3 is 5.97 Å². The summed E-state index contributed by atoms with van der Waals surface area (Å²) in [6, 6.07) is 15.7. The molecule has 3 rings (SSSR count). The van der Waals surface area contributed by atoms with Crippen molar-refractivity contribution in [3.05, 3.63) is 70.7 Å². The molecule has 0 saturated carbocycles. The molecule has 0 aromatic heterocycles. The van der Waals surface area contributed by atoms with E-state index in [0.717, 1.165) is 19.3 Å². The van der Waals surface area contributed by atoms with Gasteiger partial charge in [0.15, 0.2) is 0 Å². The number of piperidine rings is 1. The number of benzene rings is 2. The molecule has 4 nitrogen and oxygen atoms in total.